The average Bonchev–Trinajstić information content (AvgIpc) is 2.99. The zero-order chi connectivity index (χ0) is 21.7. The summed E-state index contributed by atoms with van der Waals surface area (Å²) in [7, 11) is 0. The van der Waals surface area contributed by atoms with Crippen LogP contribution in [-0.2, 0) is 16.1 Å². The fraction of sp³-hybridized carbons (Fsp3) is 0.136. The van der Waals surface area contributed by atoms with Crippen LogP contribution in [0.15, 0.2) is 47.3 Å². The number of halogens is 2. The van der Waals surface area contributed by atoms with Gasteiger partial charge in [-0.15, -0.1) is 11.3 Å². The molecule has 0 spiro atoms. The number of nitrogens with zero attached hydrogens (tertiary/aromatic N) is 2. The lowest BCUT2D eigenvalue weighted by Crippen LogP contribution is -2.32. The highest BCUT2D eigenvalue weighted by Crippen LogP contribution is 2.17. The van der Waals surface area contributed by atoms with Crippen molar-refractivity contribution in [3.05, 3.63) is 89.5 Å². The van der Waals surface area contributed by atoms with Gasteiger partial charge >= 0.3 is 5.97 Å². The lowest BCUT2D eigenvalue weighted by atomic mass is 10.1. The molecule has 2 aromatic carbocycles. The van der Waals surface area contributed by atoms with Gasteiger partial charge in [-0.25, -0.2) is 9.18 Å². The monoisotopic (exact) mass is 442 g/mol. The third-order valence-electron chi connectivity index (χ3n) is 4.15. The second kappa shape index (κ2) is 9.53. The Hall–Kier alpha value is -3.21. The first kappa shape index (κ1) is 21.5. The van der Waals surface area contributed by atoms with Crippen LogP contribution in [0.1, 0.15) is 23.6 Å². The van der Waals surface area contributed by atoms with Crippen molar-refractivity contribution in [2.45, 2.75) is 13.5 Å². The Morgan fingerprint density at radius 2 is 2.03 bits per heavy atom. The molecule has 1 aromatic heterocycles. The van der Waals surface area contributed by atoms with E-state index >= 15 is 0 Å². The Kier molecular flexibility index (Phi) is 6.83. The molecule has 3 rings (SSSR count). The zero-order valence-electron chi connectivity index (χ0n) is 15.9. The molecule has 8 heteroatoms. The first-order valence-corrected chi connectivity index (χ1v) is 10.1. The van der Waals surface area contributed by atoms with Gasteiger partial charge in [0.25, 0.3) is 5.56 Å². The Morgan fingerprint density at radius 1 is 1.30 bits per heavy atom. The lowest BCUT2D eigenvalue weighted by Gasteiger charge is -2.05. The van der Waals surface area contributed by atoms with E-state index in [9.17, 15) is 14.0 Å². The van der Waals surface area contributed by atoms with Gasteiger partial charge in [-0.3, -0.25) is 9.36 Å². The third kappa shape index (κ3) is 5.03. The fourth-order valence-electron chi connectivity index (χ4n) is 2.70. The molecule has 0 bridgehead atoms. The Bertz CT molecular complexity index is 1300. The van der Waals surface area contributed by atoms with E-state index in [1.165, 1.54) is 28.8 Å². The minimum absolute atomic E-state index is 0.0703. The molecule has 0 N–H and O–H groups in total. The van der Waals surface area contributed by atoms with Gasteiger partial charge in [-0.05, 0) is 48.4 Å². The molecule has 152 valence electrons. The third-order valence-corrected chi connectivity index (χ3v) is 5.56. The van der Waals surface area contributed by atoms with E-state index in [2.05, 4.69) is 0 Å². The van der Waals surface area contributed by atoms with Crippen LogP contribution in [0.25, 0.3) is 12.2 Å². The van der Waals surface area contributed by atoms with Crippen LogP contribution in [0.4, 0.5) is 4.39 Å². The molecular weight excluding hydrogens is 427 g/mol. The van der Waals surface area contributed by atoms with Crippen molar-refractivity contribution >= 4 is 41.1 Å². The molecule has 0 aliphatic carbocycles. The van der Waals surface area contributed by atoms with Crippen LogP contribution >= 0.6 is 22.9 Å². The minimum atomic E-state index is -0.567. The predicted molar refractivity (Wildman–Crippen MR) is 114 cm³/mol. The lowest BCUT2D eigenvalue weighted by molar-refractivity contribution is -0.135. The number of rotatable bonds is 5. The van der Waals surface area contributed by atoms with Gasteiger partial charge in [-0.1, -0.05) is 29.8 Å². The number of ether oxygens (including phenoxy) is 1. The summed E-state index contributed by atoms with van der Waals surface area (Å²) in [5.74, 6) is -1.04. The standard InChI is InChI=1S/C22H16ClFN2O3S/c1-2-29-21(27)11-20-26(13-16-7-8-17(24)10-18(16)23)22(28)19(30-20)9-14-3-5-15(12-25)6-4-14/h3-11H,2,13H2,1H3. The summed E-state index contributed by atoms with van der Waals surface area (Å²) in [4.78, 5) is 25.0. The van der Waals surface area contributed by atoms with Crippen LogP contribution in [0, 0.1) is 17.1 Å². The number of carbonyl (C=O) groups excluding carboxylic acids is 1. The molecule has 0 atom stereocenters. The van der Waals surface area contributed by atoms with E-state index in [1.54, 1.807) is 37.3 Å². The van der Waals surface area contributed by atoms with Crippen molar-refractivity contribution < 1.29 is 13.9 Å². The van der Waals surface area contributed by atoms with Crippen molar-refractivity contribution in [2.75, 3.05) is 6.61 Å². The Morgan fingerprint density at radius 3 is 2.67 bits per heavy atom. The number of aromatic nitrogens is 1. The molecule has 0 aliphatic rings. The van der Waals surface area contributed by atoms with Gasteiger partial charge in [-0.2, -0.15) is 5.26 Å². The molecule has 3 aromatic rings. The normalized spacial score (nSPS) is 12.1. The molecular formula is C22H16ClFN2O3S. The van der Waals surface area contributed by atoms with Crippen molar-refractivity contribution in [1.29, 1.82) is 5.26 Å². The second-order valence-corrected chi connectivity index (χ2v) is 7.68. The van der Waals surface area contributed by atoms with Gasteiger partial charge in [0, 0.05) is 5.02 Å². The van der Waals surface area contributed by atoms with E-state index < -0.39 is 11.8 Å². The number of benzene rings is 2. The summed E-state index contributed by atoms with van der Waals surface area (Å²) in [6, 6.07) is 12.7. The van der Waals surface area contributed by atoms with Crippen LogP contribution in [-0.4, -0.2) is 17.1 Å². The van der Waals surface area contributed by atoms with Crippen LogP contribution < -0.4 is 14.8 Å². The Labute approximate surface area is 180 Å². The van der Waals surface area contributed by atoms with Gasteiger partial charge in [0.2, 0.25) is 0 Å². The van der Waals surface area contributed by atoms with Crippen LogP contribution in [0.5, 0.6) is 0 Å². The Balaban J connectivity index is 2.13. The molecule has 0 radical (unpaired) electrons. The summed E-state index contributed by atoms with van der Waals surface area (Å²) < 4.78 is 20.5. The van der Waals surface area contributed by atoms with E-state index in [0.29, 0.717) is 20.3 Å². The summed E-state index contributed by atoms with van der Waals surface area (Å²) in [5.41, 5.74) is 1.47. The molecule has 0 saturated carbocycles. The zero-order valence-corrected chi connectivity index (χ0v) is 17.5. The molecule has 1 heterocycles. The average molecular weight is 443 g/mol. The van der Waals surface area contributed by atoms with Gasteiger partial charge in [0.1, 0.15) is 10.5 Å². The molecule has 30 heavy (non-hydrogen) atoms. The van der Waals surface area contributed by atoms with E-state index in [-0.39, 0.29) is 23.7 Å². The maximum Gasteiger partial charge on any atom is 0.333 e. The van der Waals surface area contributed by atoms with Crippen molar-refractivity contribution in [3.63, 3.8) is 0 Å². The van der Waals surface area contributed by atoms with Crippen molar-refractivity contribution in [1.82, 2.24) is 4.57 Å². The minimum Gasteiger partial charge on any atom is -0.463 e. The molecule has 0 saturated heterocycles. The van der Waals surface area contributed by atoms with E-state index in [0.717, 1.165) is 16.9 Å². The molecule has 0 aliphatic heterocycles. The second-order valence-electron chi connectivity index (χ2n) is 6.21. The molecule has 0 unspecified atom stereocenters. The molecule has 0 amide bonds. The largest absolute Gasteiger partial charge is 0.463 e. The highest BCUT2D eigenvalue weighted by molar-refractivity contribution is 7.07. The highest BCUT2D eigenvalue weighted by atomic mass is 35.5. The van der Waals surface area contributed by atoms with Gasteiger partial charge < -0.3 is 4.74 Å². The summed E-state index contributed by atoms with van der Waals surface area (Å²) in [6.07, 6.45) is 2.93. The van der Waals surface area contributed by atoms with E-state index in [4.69, 9.17) is 21.6 Å². The molecule has 0 fully saturated rings. The fourth-order valence-corrected chi connectivity index (χ4v) is 3.96. The number of nitriles is 1. The number of esters is 1. The summed E-state index contributed by atoms with van der Waals surface area (Å²) >= 11 is 7.25. The number of thiazole rings is 1. The quantitative estimate of drug-likeness (QED) is 0.570. The highest BCUT2D eigenvalue weighted by Gasteiger charge is 2.10. The van der Waals surface area contributed by atoms with Crippen molar-refractivity contribution in [2.24, 2.45) is 0 Å². The molecule has 5 nitrogen and oxygen atoms in total. The summed E-state index contributed by atoms with van der Waals surface area (Å²) in [5, 5.41) is 9.10. The smallest absolute Gasteiger partial charge is 0.333 e. The SMILES string of the molecule is CCOC(=O)C=c1sc(=Cc2ccc(C#N)cc2)c(=O)n1Cc1ccc(F)cc1Cl. The van der Waals surface area contributed by atoms with Crippen molar-refractivity contribution in [3.8, 4) is 6.07 Å². The maximum atomic E-state index is 13.4. The van der Waals surface area contributed by atoms with Crippen LogP contribution in [0.2, 0.25) is 5.02 Å². The van der Waals surface area contributed by atoms with E-state index in [1.807, 2.05) is 6.07 Å². The number of hydrogen-bond acceptors (Lipinski definition) is 5. The van der Waals surface area contributed by atoms with Gasteiger partial charge in [0.15, 0.2) is 0 Å². The predicted octanol–water partition coefficient (Wildman–Crippen LogP) is 2.79. The summed E-state index contributed by atoms with van der Waals surface area (Å²) in [6.45, 7) is 1.97. The topological polar surface area (TPSA) is 72.1 Å². The first-order chi connectivity index (χ1) is 14.4. The van der Waals surface area contributed by atoms with Gasteiger partial charge in [0.05, 0.1) is 35.4 Å². The van der Waals surface area contributed by atoms with Crippen LogP contribution in [0.3, 0.4) is 0 Å². The first-order valence-electron chi connectivity index (χ1n) is 8.95. The maximum absolute atomic E-state index is 13.4. The number of carbonyl (C=O) groups is 1. The number of hydrogen-bond donors (Lipinski definition) is 0.